The van der Waals surface area contributed by atoms with E-state index in [1.165, 1.54) is 6.20 Å². The van der Waals surface area contributed by atoms with Crippen LogP contribution in [0.4, 0.5) is 5.82 Å². The molecule has 0 fully saturated rings. The zero-order valence-corrected chi connectivity index (χ0v) is 16.5. The van der Waals surface area contributed by atoms with E-state index in [0.29, 0.717) is 29.0 Å². The van der Waals surface area contributed by atoms with Crippen LogP contribution in [0.3, 0.4) is 0 Å². The monoisotopic (exact) mass is 415 g/mol. The summed E-state index contributed by atoms with van der Waals surface area (Å²) in [6, 6.07) is 8.13. The van der Waals surface area contributed by atoms with Crippen LogP contribution in [-0.2, 0) is 14.6 Å². The van der Waals surface area contributed by atoms with E-state index in [1.807, 2.05) is 6.92 Å². The summed E-state index contributed by atoms with van der Waals surface area (Å²) < 4.78 is 24.4. The molecule has 0 aliphatic heterocycles. The van der Waals surface area contributed by atoms with Crippen LogP contribution >= 0.6 is 23.2 Å². The minimum atomic E-state index is -3.47. The summed E-state index contributed by atoms with van der Waals surface area (Å²) in [6.07, 6.45) is 1.36. The molecule has 0 unspecified atom stereocenters. The molecule has 0 saturated heterocycles. The molecule has 0 saturated carbocycles. The Bertz CT molecular complexity index is 871. The minimum Gasteiger partial charge on any atom is -0.367 e. The third-order valence-corrected chi connectivity index (χ3v) is 5.75. The molecule has 2 rings (SSSR count). The van der Waals surface area contributed by atoms with Crippen LogP contribution in [0.5, 0.6) is 0 Å². The fourth-order valence-corrected chi connectivity index (χ4v) is 3.79. The molecule has 1 amide bonds. The third-order valence-electron chi connectivity index (χ3n) is 3.53. The Hall–Kier alpha value is -1.83. The van der Waals surface area contributed by atoms with Crippen molar-refractivity contribution < 1.29 is 13.2 Å². The van der Waals surface area contributed by atoms with Crippen molar-refractivity contribution in [1.29, 1.82) is 0 Å². The van der Waals surface area contributed by atoms with Crippen molar-refractivity contribution in [1.82, 2.24) is 10.3 Å². The zero-order chi connectivity index (χ0) is 19.2. The number of aromatic nitrogens is 1. The molecule has 9 heteroatoms. The lowest BCUT2D eigenvalue weighted by Crippen LogP contribution is -2.30. The van der Waals surface area contributed by atoms with Crippen molar-refractivity contribution in [2.24, 2.45) is 0 Å². The smallest absolute Gasteiger partial charge is 0.221 e. The van der Waals surface area contributed by atoms with Gasteiger partial charge in [-0.2, -0.15) is 0 Å². The highest BCUT2D eigenvalue weighted by atomic mass is 35.5. The highest BCUT2D eigenvalue weighted by Crippen LogP contribution is 2.22. The van der Waals surface area contributed by atoms with Crippen LogP contribution in [-0.4, -0.2) is 38.2 Å². The SMILES string of the molecule is Cc1ccc(S(=O)(=O)CCC(=O)NCCNc2ncc(Cl)cc2Cl)cc1. The van der Waals surface area contributed by atoms with Gasteiger partial charge in [0.1, 0.15) is 5.82 Å². The number of hydrogen-bond donors (Lipinski definition) is 2. The number of aryl methyl sites for hydroxylation is 1. The van der Waals surface area contributed by atoms with Crippen LogP contribution in [0.15, 0.2) is 41.4 Å². The number of sulfone groups is 1. The normalized spacial score (nSPS) is 11.2. The second-order valence-electron chi connectivity index (χ2n) is 5.64. The van der Waals surface area contributed by atoms with E-state index < -0.39 is 9.84 Å². The summed E-state index contributed by atoms with van der Waals surface area (Å²) in [4.78, 5) is 16.1. The predicted molar refractivity (Wildman–Crippen MR) is 104 cm³/mol. The molecule has 0 aliphatic carbocycles. The Kier molecular flexibility index (Phi) is 7.25. The van der Waals surface area contributed by atoms with Crippen LogP contribution < -0.4 is 10.6 Å². The molecule has 26 heavy (non-hydrogen) atoms. The minimum absolute atomic E-state index is 0.101. The molecule has 0 atom stereocenters. The van der Waals surface area contributed by atoms with Crippen molar-refractivity contribution in [2.75, 3.05) is 24.2 Å². The molecule has 2 N–H and O–H groups in total. The van der Waals surface area contributed by atoms with Gasteiger partial charge in [-0.15, -0.1) is 0 Å². The summed E-state index contributed by atoms with van der Waals surface area (Å²) in [6.45, 7) is 2.58. The Labute approximate surface area is 162 Å². The summed E-state index contributed by atoms with van der Waals surface area (Å²) in [5.74, 6) is -0.107. The summed E-state index contributed by atoms with van der Waals surface area (Å²) >= 11 is 11.7. The Morgan fingerprint density at radius 2 is 1.85 bits per heavy atom. The molecule has 140 valence electrons. The Morgan fingerprint density at radius 1 is 1.15 bits per heavy atom. The van der Waals surface area contributed by atoms with Gasteiger partial charge in [-0.25, -0.2) is 13.4 Å². The number of hydrogen-bond acceptors (Lipinski definition) is 5. The first-order valence-corrected chi connectivity index (χ1v) is 10.3. The lowest BCUT2D eigenvalue weighted by Gasteiger charge is -2.09. The van der Waals surface area contributed by atoms with Crippen molar-refractivity contribution in [3.8, 4) is 0 Å². The van der Waals surface area contributed by atoms with Crippen LogP contribution in [0.1, 0.15) is 12.0 Å². The van der Waals surface area contributed by atoms with Crippen molar-refractivity contribution in [2.45, 2.75) is 18.2 Å². The van der Waals surface area contributed by atoms with Gasteiger partial charge < -0.3 is 10.6 Å². The standard InChI is InChI=1S/C17H19Cl2N3O3S/c1-12-2-4-14(5-3-12)26(24,25)9-6-16(23)20-7-8-21-17-15(19)10-13(18)11-22-17/h2-5,10-11H,6-9H2,1H3,(H,20,23)(H,21,22). The van der Waals surface area contributed by atoms with E-state index in [-0.39, 0.29) is 23.0 Å². The average molecular weight is 416 g/mol. The van der Waals surface area contributed by atoms with Gasteiger partial charge in [0.25, 0.3) is 0 Å². The van der Waals surface area contributed by atoms with Gasteiger partial charge in [-0.1, -0.05) is 40.9 Å². The first kappa shape index (κ1) is 20.5. The Morgan fingerprint density at radius 3 is 2.50 bits per heavy atom. The van der Waals surface area contributed by atoms with E-state index >= 15 is 0 Å². The average Bonchev–Trinajstić information content (AvgIpc) is 2.59. The second-order valence-corrected chi connectivity index (χ2v) is 8.60. The molecular weight excluding hydrogens is 397 g/mol. The third kappa shape index (κ3) is 6.16. The molecule has 6 nitrogen and oxygen atoms in total. The first-order chi connectivity index (χ1) is 12.3. The molecule has 0 bridgehead atoms. The number of halogens is 2. The number of anilines is 1. The molecular formula is C17H19Cl2N3O3S. The maximum atomic E-state index is 12.2. The van der Waals surface area contributed by atoms with Crippen molar-refractivity contribution >= 4 is 44.8 Å². The highest BCUT2D eigenvalue weighted by molar-refractivity contribution is 7.91. The molecule has 2 aromatic rings. The first-order valence-electron chi connectivity index (χ1n) is 7.89. The number of nitrogens with zero attached hydrogens (tertiary/aromatic N) is 1. The lowest BCUT2D eigenvalue weighted by atomic mass is 10.2. The van der Waals surface area contributed by atoms with E-state index in [2.05, 4.69) is 15.6 Å². The molecule has 0 radical (unpaired) electrons. The number of benzene rings is 1. The van der Waals surface area contributed by atoms with Gasteiger partial charge >= 0.3 is 0 Å². The van der Waals surface area contributed by atoms with Gasteiger partial charge in [0, 0.05) is 25.7 Å². The molecule has 1 heterocycles. The fraction of sp³-hybridized carbons (Fsp3) is 0.294. The fourth-order valence-electron chi connectivity index (χ4n) is 2.11. The lowest BCUT2D eigenvalue weighted by molar-refractivity contribution is -0.120. The topological polar surface area (TPSA) is 88.2 Å². The summed E-state index contributed by atoms with van der Waals surface area (Å²) in [5.41, 5.74) is 0.976. The van der Waals surface area contributed by atoms with Gasteiger partial charge in [0.05, 0.1) is 20.7 Å². The van der Waals surface area contributed by atoms with E-state index in [4.69, 9.17) is 23.2 Å². The maximum absolute atomic E-state index is 12.2. The summed E-state index contributed by atoms with van der Waals surface area (Å²) in [7, 11) is -3.47. The number of carbonyl (C=O) groups is 1. The van der Waals surface area contributed by atoms with Crippen molar-refractivity contribution in [3.05, 3.63) is 52.1 Å². The maximum Gasteiger partial charge on any atom is 0.221 e. The van der Waals surface area contributed by atoms with Gasteiger partial charge in [0.2, 0.25) is 5.91 Å². The molecule has 0 aliphatic rings. The van der Waals surface area contributed by atoms with Crippen LogP contribution in [0.25, 0.3) is 0 Å². The number of amides is 1. The predicted octanol–water partition coefficient (Wildman–Crippen LogP) is 3.09. The van der Waals surface area contributed by atoms with Gasteiger partial charge in [-0.05, 0) is 25.1 Å². The second kappa shape index (κ2) is 9.21. The zero-order valence-electron chi connectivity index (χ0n) is 14.1. The number of carbonyl (C=O) groups excluding carboxylic acids is 1. The largest absolute Gasteiger partial charge is 0.367 e. The molecule has 1 aromatic heterocycles. The summed E-state index contributed by atoms with van der Waals surface area (Å²) in [5, 5.41) is 6.43. The highest BCUT2D eigenvalue weighted by Gasteiger charge is 2.16. The number of pyridine rings is 1. The van der Waals surface area contributed by atoms with Gasteiger partial charge in [0.15, 0.2) is 9.84 Å². The van der Waals surface area contributed by atoms with Crippen LogP contribution in [0.2, 0.25) is 10.0 Å². The number of rotatable bonds is 8. The number of nitrogens with one attached hydrogen (secondary N) is 2. The van der Waals surface area contributed by atoms with Crippen molar-refractivity contribution in [3.63, 3.8) is 0 Å². The molecule has 1 aromatic carbocycles. The molecule has 0 spiro atoms. The quantitative estimate of drug-likeness (QED) is 0.646. The van der Waals surface area contributed by atoms with E-state index in [0.717, 1.165) is 5.56 Å². The van der Waals surface area contributed by atoms with Gasteiger partial charge in [-0.3, -0.25) is 4.79 Å². The van der Waals surface area contributed by atoms with E-state index in [9.17, 15) is 13.2 Å². The van der Waals surface area contributed by atoms with Crippen LogP contribution in [0, 0.1) is 6.92 Å². The Balaban J connectivity index is 1.74. The van der Waals surface area contributed by atoms with E-state index in [1.54, 1.807) is 30.3 Å².